The Hall–Kier alpha value is -1.65. The maximum atomic E-state index is 12.5. The molecule has 2 rings (SSSR count). The highest BCUT2D eigenvalue weighted by atomic mass is 32.2. The predicted molar refractivity (Wildman–Crippen MR) is 80.8 cm³/mol. The van der Waals surface area contributed by atoms with Gasteiger partial charge in [-0.3, -0.25) is 9.20 Å². The third-order valence-corrected chi connectivity index (χ3v) is 5.05. The van der Waals surface area contributed by atoms with E-state index >= 15 is 0 Å². The van der Waals surface area contributed by atoms with Crippen LogP contribution in [0.2, 0.25) is 0 Å². The van der Waals surface area contributed by atoms with Crippen molar-refractivity contribution < 1.29 is 13.2 Å². The maximum Gasteiger partial charge on any atom is 0.260 e. The quantitative estimate of drug-likeness (QED) is 0.677. The summed E-state index contributed by atoms with van der Waals surface area (Å²) in [5, 5.41) is 4.73. The van der Waals surface area contributed by atoms with Crippen molar-refractivity contribution in [1.82, 2.24) is 14.1 Å². The van der Waals surface area contributed by atoms with E-state index in [2.05, 4.69) is 15.0 Å². The lowest BCUT2D eigenvalue weighted by molar-refractivity contribution is -0.118. The van der Waals surface area contributed by atoms with Crippen LogP contribution in [0.25, 0.3) is 4.96 Å². The molecule has 0 radical (unpaired) electrons. The van der Waals surface area contributed by atoms with Crippen molar-refractivity contribution in [3.8, 4) is 0 Å². The number of hydrogen-bond donors (Lipinski definition) is 3. The predicted octanol–water partition coefficient (Wildman–Crippen LogP) is 0.370. The number of carbonyl (C=O) groups excluding carboxylic acids is 1. The third kappa shape index (κ3) is 3.34. The molecule has 2 aromatic heterocycles. The number of nitrogens with one attached hydrogen (secondary N) is 2. The zero-order valence-electron chi connectivity index (χ0n) is 11.7. The number of nitrogens with two attached hydrogens (primary N) is 1. The summed E-state index contributed by atoms with van der Waals surface area (Å²) in [4.78, 5) is 15.7. The zero-order chi connectivity index (χ0) is 15.6. The van der Waals surface area contributed by atoms with Crippen LogP contribution in [0.5, 0.6) is 0 Å². The first-order valence-corrected chi connectivity index (χ1v) is 8.71. The largest absolute Gasteiger partial charge is 0.370 e. The molecule has 8 nitrogen and oxygen atoms in total. The second-order valence-corrected chi connectivity index (χ2v) is 7.05. The van der Waals surface area contributed by atoms with Gasteiger partial charge in [-0.2, -0.15) is 0 Å². The Morgan fingerprint density at radius 1 is 1.57 bits per heavy atom. The van der Waals surface area contributed by atoms with Gasteiger partial charge in [-0.05, 0) is 13.8 Å². The molecule has 0 aliphatic carbocycles. The van der Waals surface area contributed by atoms with Gasteiger partial charge >= 0.3 is 0 Å². The molecule has 4 N–H and O–H groups in total. The molecule has 10 heteroatoms. The van der Waals surface area contributed by atoms with Gasteiger partial charge in [0.2, 0.25) is 5.91 Å². The molecule has 1 atom stereocenters. The van der Waals surface area contributed by atoms with E-state index in [0.717, 1.165) is 0 Å². The SMILES string of the molecule is CCNc1nc2sccn2c1S(=O)(=O)NC(C)CC(N)=O. The molecule has 1 amide bonds. The number of fused-ring (bicyclic) bond motifs is 1. The summed E-state index contributed by atoms with van der Waals surface area (Å²) in [5.41, 5.74) is 5.08. The summed E-state index contributed by atoms with van der Waals surface area (Å²) in [5.74, 6) is -0.269. The minimum Gasteiger partial charge on any atom is -0.370 e. The number of primary amides is 1. The molecule has 0 spiro atoms. The Labute approximate surface area is 126 Å². The summed E-state index contributed by atoms with van der Waals surface area (Å²) in [6, 6.07) is -0.592. The molecular weight excluding hydrogens is 314 g/mol. The Morgan fingerprint density at radius 3 is 2.90 bits per heavy atom. The molecule has 21 heavy (non-hydrogen) atoms. The highest BCUT2D eigenvalue weighted by molar-refractivity contribution is 7.89. The number of imidazole rings is 1. The Balaban J connectivity index is 2.40. The van der Waals surface area contributed by atoms with E-state index in [0.29, 0.717) is 17.3 Å². The highest BCUT2D eigenvalue weighted by Crippen LogP contribution is 2.25. The van der Waals surface area contributed by atoms with Gasteiger partial charge in [0.1, 0.15) is 0 Å². The minimum absolute atomic E-state index is 0.0388. The van der Waals surface area contributed by atoms with Crippen LogP contribution in [-0.2, 0) is 14.8 Å². The third-order valence-electron chi connectivity index (χ3n) is 2.68. The van der Waals surface area contributed by atoms with Gasteiger partial charge in [0.15, 0.2) is 15.8 Å². The number of amides is 1. The monoisotopic (exact) mass is 331 g/mol. The standard InChI is InChI=1S/C11H17N5O3S2/c1-3-13-9-10(16-4-5-20-11(16)14-9)21(18,19)15-7(2)6-8(12)17/h4-5,7,13,15H,3,6H2,1-2H3,(H2,12,17). The van der Waals surface area contributed by atoms with Crippen molar-refractivity contribution in [2.45, 2.75) is 31.3 Å². The second-order valence-electron chi connectivity index (χ2n) is 4.54. The number of hydrogen-bond acceptors (Lipinski definition) is 6. The second kappa shape index (κ2) is 6.00. The highest BCUT2D eigenvalue weighted by Gasteiger charge is 2.27. The lowest BCUT2D eigenvalue weighted by Gasteiger charge is -2.13. The molecular formula is C11H17N5O3S2. The number of nitrogens with zero attached hydrogens (tertiary/aromatic N) is 2. The topological polar surface area (TPSA) is 119 Å². The van der Waals surface area contributed by atoms with Gasteiger partial charge in [-0.25, -0.2) is 18.1 Å². The molecule has 0 saturated heterocycles. The first kappa shape index (κ1) is 15.7. The van der Waals surface area contributed by atoms with E-state index in [-0.39, 0.29) is 11.4 Å². The molecule has 0 saturated carbocycles. The van der Waals surface area contributed by atoms with E-state index in [1.807, 2.05) is 6.92 Å². The number of thiazole rings is 1. The van der Waals surface area contributed by atoms with Crippen molar-refractivity contribution >= 4 is 38.0 Å². The fraction of sp³-hybridized carbons (Fsp3) is 0.455. The smallest absolute Gasteiger partial charge is 0.260 e. The van der Waals surface area contributed by atoms with Crippen LogP contribution in [0.4, 0.5) is 5.82 Å². The number of rotatable bonds is 7. The Bertz CT molecular complexity index is 749. The van der Waals surface area contributed by atoms with Crippen LogP contribution in [0.15, 0.2) is 16.6 Å². The fourth-order valence-electron chi connectivity index (χ4n) is 1.97. The normalized spacial score (nSPS) is 13.4. The number of sulfonamides is 1. The fourth-order valence-corrected chi connectivity index (χ4v) is 4.24. The van der Waals surface area contributed by atoms with Crippen LogP contribution in [0.1, 0.15) is 20.3 Å². The van der Waals surface area contributed by atoms with E-state index in [4.69, 9.17) is 5.73 Å². The molecule has 2 heterocycles. The Morgan fingerprint density at radius 2 is 2.29 bits per heavy atom. The molecule has 0 aromatic carbocycles. The van der Waals surface area contributed by atoms with Gasteiger partial charge < -0.3 is 11.1 Å². The van der Waals surface area contributed by atoms with Gasteiger partial charge in [0, 0.05) is 30.6 Å². The van der Waals surface area contributed by atoms with Gasteiger partial charge in [0.05, 0.1) is 0 Å². The average molecular weight is 331 g/mol. The van der Waals surface area contributed by atoms with Crippen LogP contribution in [0, 0.1) is 0 Å². The summed E-state index contributed by atoms with van der Waals surface area (Å²) >= 11 is 1.34. The van der Waals surface area contributed by atoms with Crippen molar-refractivity contribution in [1.29, 1.82) is 0 Å². The molecule has 0 aliphatic heterocycles. The van der Waals surface area contributed by atoms with Gasteiger partial charge in [-0.1, -0.05) is 0 Å². The van der Waals surface area contributed by atoms with Gasteiger partial charge in [0.25, 0.3) is 10.0 Å². The van der Waals surface area contributed by atoms with E-state index in [1.165, 1.54) is 15.7 Å². The lowest BCUT2D eigenvalue weighted by atomic mass is 10.2. The summed E-state index contributed by atoms with van der Waals surface area (Å²) in [6.07, 6.45) is 1.57. The van der Waals surface area contributed by atoms with E-state index in [9.17, 15) is 13.2 Å². The molecule has 2 aromatic rings. The average Bonchev–Trinajstić information content (AvgIpc) is 2.86. The number of carbonyl (C=O) groups is 1. The summed E-state index contributed by atoms with van der Waals surface area (Å²) in [6.45, 7) is 3.98. The zero-order valence-corrected chi connectivity index (χ0v) is 13.3. The van der Waals surface area contributed by atoms with Crippen molar-refractivity contribution in [2.24, 2.45) is 5.73 Å². The van der Waals surface area contributed by atoms with Crippen molar-refractivity contribution in [2.75, 3.05) is 11.9 Å². The molecule has 0 aliphatic rings. The summed E-state index contributed by atoms with van der Waals surface area (Å²) in [7, 11) is -3.82. The molecule has 116 valence electrons. The Kier molecular flexibility index (Phi) is 4.49. The minimum atomic E-state index is -3.82. The first-order valence-electron chi connectivity index (χ1n) is 6.35. The van der Waals surface area contributed by atoms with E-state index < -0.39 is 22.0 Å². The van der Waals surface area contributed by atoms with Crippen LogP contribution < -0.4 is 15.8 Å². The number of anilines is 1. The van der Waals surface area contributed by atoms with E-state index in [1.54, 1.807) is 18.5 Å². The molecule has 1 unspecified atom stereocenters. The molecule has 0 fully saturated rings. The van der Waals surface area contributed by atoms with Crippen LogP contribution >= 0.6 is 11.3 Å². The summed E-state index contributed by atoms with van der Waals surface area (Å²) < 4.78 is 29.0. The van der Waals surface area contributed by atoms with Crippen LogP contribution in [-0.4, -0.2) is 36.3 Å². The lowest BCUT2D eigenvalue weighted by Crippen LogP contribution is -2.36. The number of aromatic nitrogens is 2. The molecule has 0 bridgehead atoms. The van der Waals surface area contributed by atoms with Gasteiger partial charge in [-0.15, -0.1) is 11.3 Å². The van der Waals surface area contributed by atoms with Crippen molar-refractivity contribution in [3.05, 3.63) is 11.6 Å². The van der Waals surface area contributed by atoms with Crippen LogP contribution in [0.3, 0.4) is 0 Å². The first-order chi connectivity index (χ1) is 9.85. The van der Waals surface area contributed by atoms with Crippen molar-refractivity contribution in [3.63, 3.8) is 0 Å². The maximum absolute atomic E-state index is 12.5.